The molecule has 0 radical (unpaired) electrons. The van der Waals surface area contributed by atoms with Crippen LogP contribution in [0.5, 0.6) is 0 Å². The predicted molar refractivity (Wildman–Crippen MR) is 99.0 cm³/mol. The van der Waals surface area contributed by atoms with Gasteiger partial charge in [-0.25, -0.2) is 18.0 Å². The van der Waals surface area contributed by atoms with Crippen molar-refractivity contribution in [2.75, 3.05) is 11.5 Å². The fraction of sp³-hybridized carbons (Fsp3) is 0.500. The lowest BCUT2D eigenvalue weighted by atomic mass is 9.99. The zero-order valence-electron chi connectivity index (χ0n) is 14.6. The Labute approximate surface area is 152 Å². The van der Waals surface area contributed by atoms with Crippen molar-refractivity contribution in [2.45, 2.75) is 44.1 Å². The molecule has 1 fully saturated rings. The Morgan fingerprint density at radius 1 is 1.08 bits per heavy atom. The third-order valence-corrected chi connectivity index (χ3v) is 6.78. The third-order valence-electron chi connectivity index (χ3n) is 4.88. The monoisotopic (exact) mass is 377 g/mol. The van der Waals surface area contributed by atoms with E-state index < -0.39 is 21.2 Å². The van der Waals surface area contributed by atoms with E-state index in [1.54, 1.807) is 0 Å². The molecule has 1 aromatic carbocycles. The normalized spacial score (nSPS) is 15.7. The van der Waals surface area contributed by atoms with Crippen LogP contribution >= 0.6 is 0 Å². The van der Waals surface area contributed by atoms with Crippen LogP contribution in [0.4, 0.5) is 0 Å². The zero-order chi connectivity index (χ0) is 18.6. The first-order valence-electron chi connectivity index (χ1n) is 8.82. The van der Waals surface area contributed by atoms with Crippen LogP contribution in [0.25, 0.3) is 0 Å². The van der Waals surface area contributed by atoms with Gasteiger partial charge in [0.05, 0.1) is 11.5 Å². The number of aromatic amines is 1. The van der Waals surface area contributed by atoms with E-state index in [0.717, 1.165) is 18.4 Å². The molecule has 140 valence electrons. The highest BCUT2D eigenvalue weighted by Gasteiger charge is 2.47. The van der Waals surface area contributed by atoms with E-state index in [1.807, 2.05) is 30.3 Å². The minimum absolute atomic E-state index is 0.167. The number of aryl methyl sites for hydroxylation is 1. The van der Waals surface area contributed by atoms with Gasteiger partial charge in [0.1, 0.15) is 6.33 Å². The molecule has 2 aromatic rings. The molecular weight excluding hydrogens is 354 g/mol. The number of benzene rings is 1. The van der Waals surface area contributed by atoms with Gasteiger partial charge in [0.2, 0.25) is 0 Å². The number of nitrogens with zero attached hydrogens (tertiary/aromatic N) is 2. The summed E-state index contributed by atoms with van der Waals surface area (Å²) < 4.78 is 26.3. The van der Waals surface area contributed by atoms with Gasteiger partial charge < -0.3 is 0 Å². The topological polar surface area (TPSA) is 102 Å². The van der Waals surface area contributed by atoms with E-state index >= 15 is 0 Å². The minimum atomic E-state index is -3.11. The van der Waals surface area contributed by atoms with E-state index in [4.69, 9.17) is 0 Å². The first-order valence-corrected chi connectivity index (χ1v) is 10.6. The molecular formula is C18H23N3O4S. The van der Waals surface area contributed by atoms with Crippen molar-refractivity contribution in [1.29, 1.82) is 0 Å². The second kappa shape index (κ2) is 7.57. The molecule has 0 aliphatic heterocycles. The Balaban J connectivity index is 1.46. The Morgan fingerprint density at radius 3 is 2.46 bits per heavy atom. The van der Waals surface area contributed by atoms with Crippen LogP contribution in [0.2, 0.25) is 0 Å². The van der Waals surface area contributed by atoms with Crippen LogP contribution in [0.15, 0.2) is 46.2 Å². The van der Waals surface area contributed by atoms with Crippen LogP contribution in [-0.2, 0) is 21.8 Å². The molecule has 1 saturated carbocycles. The fourth-order valence-corrected chi connectivity index (χ4v) is 5.35. The van der Waals surface area contributed by atoms with Gasteiger partial charge in [-0.1, -0.05) is 36.8 Å². The summed E-state index contributed by atoms with van der Waals surface area (Å²) >= 11 is 0. The van der Waals surface area contributed by atoms with Crippen LogP contribution < -0.4 is 11.4 Å². The van der Waals surface area contributed by atoms with Crippen LogP contribution in [0, 0.1) is 0 Å². The molecule has 1 heterocycles. The van der Waals surface area contributed by atoms with E-state index in [-0.39, 0.29) is 16.9 Å². The molecule has 8 heteroatoms. The van der Waals surface area contributed by atoms with Gasteiger partial charge in [-0.15, -0.1) is 0 Å². The summed E-state index contributed by atoms with van der Waals surface area (Å²) in [5.74, 6) is 0.383. The van der Waals surface area contributed by atoms with Gasteiger partial charge in [0, 0.05) is 12.0 Å². The lowest BCUT2D eigenvalue weighted by molar-refractivity contribution is 0.553. The van der Waals surface area contributed by atoms with E-state index in [1.165, 1.54) is 10.9 Å². The Morgan fingerprint density at radius 2 is 1.81 bits per heavy atom. The molecule has 0 atom stereocenters. The van der Waals surface area contributed by atoms with Gasteiger partial charge >= 0.3 is 11.4 Å². The Bertz CT molecular complexity index is 960. The first kappa shape index (κ1) is 18.6. The van der Waals surface area contributed by atoms with Crippen molar-refractivity contribution in [3.63, 3.8) is 0 Å². The molecule has 1 aliphatic carbocycles. The highest BCUT2D eigenvalue weighted by atomic mass is 32.2. The van der Waals surface area contributed by atoms with Gasteiger partial charge in [-0.05, 0) is 31.2 Å². The van der Waals surface area contributed by atoms with Gasteiger partial charge in [-0.2, -0.15) is 4.98 Å². The molecule has 1 aromatic heterocycles. The molecule has 0 spiro atoms. The second-order valence-electron chi connectivity index (χ2n) is 6.97. The molecule has 0 amide bonds. The highest BCUT2D eigenvalue weighted by Crippen LogP contribution is 2.49. The van der Waals surface area contributed by atoms with Crippen molar-refractivity contribution < 1.29 is 8.42 Å². The summed E-state index contributed by atoms with van der Waals surface area (Å²) in [6.07, 6.45) is 5.00. The molecule has 0 saturated heterocycles. The number of hydrogen-bond donors (Lipinski definition) is 1. The number of hydrogen-bond acceptors (Lipinski definition) is 5. The molecule has 3 rings (SSSR count). The van der Waals surface area contributed by atoms with Crippen LogP contribution in [-0.4, -0.2) is 34.5 Å². The number of sulfone groups is 1. The Hall–Kier alpha value is -2.22. The molecule has 0 bridgehead atoms. The van der Waals surface area contributed by atoms with Crippen LogP contribution in [0.3, 0.4) is 0 Å². The first-order chi connectivity index (χ1) is 12.4. The largest absolute Gasteiger partial charge is 0.350 e. The maximum Gasteiger partial charge on any atom is 0.350 e. The highest BCUT2D eigenvalue weighted by molar-refractivity contribution is 7.91. The lowest BCUT2D eigenvalue weighted by Gasteiger charge is -2.16. The van der Waals surface area contributed by atoms with Crippen molar-refractivity contribution >= 4 is 9.84 Å². The standard InChI is InChI=1S/C18H23N3O4S/c22-16-19-14-21(17(23)20-16)11-5-2-6-12-26(24,25)13-18(9-10-18)15-7-3-1-4-8-15/h1,3-4,7-8,14H,2,5-6,9-13H2,(H,20,22,23). The molecule has 1 aliphatic rings. The summed E-state index contributed by atoms with van der Waals surface area (Å²) in [4.78, 5) is 28.0. The maximum atomic E-state index is 12.5. The van der Waals surface area contributed by atoms with Crippen molar-refractivity contribution in [3.05, 3.63) is 63.2 Å². The van der Waals surface area contributed by atoms with Gasteiger partial charge in [0.15, 0.2) is 9.84 Å². The number of nitrogens with one attached hydrogen (secondary N) is 1. The summed E-state index contributed by atoms with van der Waals surface area (Å²) in [5, 5.41) is 0. The van der Waals surface area contributed by atoms with E-state index in [9.17, 15) is 18.0 Å². The minimum Gasteiger partial charge on any atom is -0.284 e. The Kier molecular flexibility index (Phi) is 5.41. The average molecular weight is 377 g/mol. The number of rotatable bonds is 9. The third kappa shape index (κ3) is 4.69. The zero-order valence-corrected chi connectivity index (χ0v) is 15.4. The smallest absolute Gasteiger partial charge is 0.284 e. The van der Waals surface area contributed by atoms with Crippen molar-refractivity contribution in [2.24, 2.45) is 0 Å². The van der Waals surface area contributed by atoms with E-state index in [2.05, 4.69) is 9.97 Å². The number of unbranched alkanes of at least 4 members (excludes halogenated alkanes) is 2. The summed E-state index contributed by atoms with van der Waals surface area (Å²) in [5.41, 5.74) is -0.218. The average Bonchev–Trinajstić information content (AvgIpc) is 3.37. The van der Waals surface area contributed by atoms with Gasteiger partial charge in [-0.3, -0.25) is 9.55 Å². The maximum absolute atomic E-state index is 12.5. The van der Waals surface area contributed by atoms with Crippen molar-refractivity contribution in [1.82, 2.24) is 14.5 Å². The van der Waals surface area contributed by atoms with Crippen LogP contribution in [0.1, 0.15) is 37.7 Å². The summed E-state index contributed by atoms with van der Waals surface area (Å²) in [7, 11) is -3.11. The quantitative estimate of drug-likeness (QED) is 0.663. The number of aromatic nitrogens is 3. The fourth-order valence-electron chi connectivity index (χ4n) is 3.26. The number of H-pyrrole nitrogens is 1. The summed E-state index contributed by atoms with van der Waals surface area (Å²) in [6, 6.07) is 9.87. The molecule has 1 N–H and O–H groups in total. The van der Waals surface area contributed by atoms with Crippen molar-refractivity contribution in [3.8, 4) is 0 Å². The lowest BCUT2D eigenvalue weighted by Crippen LogP contribution is -2.31. The second-order valence-corrected chi connectivity index (χ2v) is 9.16. The van der Waals surface area contributed by atoms with E-state index in [0.29, 0.717) is 25.8 Å². The predicted octanol–water partition coefficient (Wildman–Crippen LogP) is 1.25. The molecule has 26 heavy (non-hydrogen) atoms. The van der Waals surface area contributed by atoms with Gasteiger partial charge in [0.25, 0.3) is 0 Å². The molecule has 7 nitrogen and oxygen atoms in total. The molecule has 0 unspecified atom stereocenters. The SMILES string of the molecule is O=c1ncn(CCCCCS(=O)(=O)CC2(c3ccccc3)CC2)c(=O)[nH]1. The summed E-state index contributed by atoms with van der Waals surface area (Å²) in [6.45, 7) is 0.413.